The SMILES string of the molecule is CC(C)C1CC2NCCOC2C1. The van der Waals surface area contributed by atoms with E-state index in [1.165, 1.54) is 12.8 Å². The van der Waals surface area contributed by atoms with Crippen molar-refractivity contribution < 1.29 is 4.74 Å². The van der Waals surface area contributed by atoms with Gasteiger partial charge in [-0.25, -0.2) is 0 Å². The molecule has 12 heavy (non-hydrogen) atoms. The van der Waals surface area contributed by atoms with Crippen molar-refractivity contribution in [3.63, 3.8) is 0 Å². The fraction of sp³-hybridized carbons (Fsp3) is 1.00. The second-order valence-corrected chi connectivity index (χ2v) is 4.45. The maximum atomic E-state index is 5.72. The summed E-state index contributed by atoms with van der Waals surface area (Å²) in [6.45, 7) is 6.60. The van der Waals surface area contributed by atoms with Gasteiger partial charge in [-0.15, -0.1) is 0 Å². The Hall–Kier alpha value is -0.0800. The number of rotatable bonds is 1. The molecule has 2 fully saturated rings. The highest BCUT2D eigenvalue weighted by Crippen LogP contribution is 2.34. The van der Waals surface area contributed by atoms with Crippen molar-refractivity contribution in [2.75, 3.05) is 13.2 Å². The molecule has 0 spiro atoms. The van der Waals surface area contributed by atoms with Crippen LogP contribution in [0, 0.1) is 11.8 Å². The van der Waals surface area contributed by atoms with E-state index in [0.717, 1.165) is 25.0 Å². The maximum Gasteiger partial charge on any atom is 0.0731 e. The van der Waals surface area contributed by atoms with Gasteiger partial charge in [-0.1, -0.05) is 13.8 Å². The van der Waals surface area contributed by atoms with Crippen LogP contribution in [0.4, 0.5) is 0 Å². The predicted octanol–water partition coefficient (Wildman–Crippen LogP) is 1.41. The molecule has 2 nitrogen and oxygen atoms in total. The minimum Gasteiger partial charge on any atom is -0.375 e. The van der Waals surface area contributed by atoms with Crippen molar-refractivity contribution in [1.29, 1.82) is 0 Å². The molecule has 2 aliphatic rings. The number of fused-ring (bicyclic) bond motifs is 1. The first-order valence-corrected chi connectivity index (χ1v) is 5.12. The highest BCUT2D eigenvalue weighted by molar-refractivity contribution is 4.92. The standard InChI is InChI=1S/C10H19NO/c1-7(2)8-5-9-10(6-8)12-4-3-11-9/h7-11H,3-6H2,1-2H3. The van der Waals surface area contributed by atoms with E-state index < -0.39 is 0 Å². The third-order valence-electron chi connectivity index (χ3n) is 3.32. The van der Waals surface area contributed by atoms with Gasteiger partial charge in [0.05, 0.1) is 12.7 Å². The molecule has 0 amide bonds. The summed E-state index contributed by atoms with van der Waals surface area (Å²) in [5, 5.41) is 3.54. The van der Waals surface area contributed by atoms with E-state index in [1.54, 1.807) is 0 Å². The normalized spacial score (nSPS) is 41.8. The lowest BCUT2D eigenvalue weighted by Crippen LogP contribution is -2.44. The summed E-state index contributed by atoms with van der Waals surface area (Å²) >= 11 is 0. The summed E-state index contributed by atoms with van der Waals surface area (Å²) in [6, 6.07) is 0.658. The Morgan fingerprint density at radius 2 is 2.17 bits per heavy atom. The Labute approximate surface area is 74.7 Å². The van der Waals surface area contributed by atoms with Crippen LogP contribution in [-0.2, 0) is 4.74 Å². The Bertz CT molecular complexity index is 144. The molecule has 1 aliphatic heterocycles. The molecule has 0 bridgehead atoms. The Morgan fingerprint density at radius 3 is 2.83 bits per heavy atom. The van der Waals surface area contributed by atoms with Crippen LogP contribution in [0.1, 0.15) is 26.7 Å². The van der Waals surface area contributed by atoms with Crippen LogP contribution in [0.15, 0.2) is 0 Å². The van der Waals surface area contributed by atoms with Gasteiger partial charge in [-0.3, -0.25) is 0 Å². The second-order valence-electron chi connectivity index (χ2n) is 4.45. The molecule has 3 atom stereocenters. The average molecular weight is 169 g/mol. The molecule has 0 aromatic heterocycles. The topological polar surface area (TPSA) is 21.3 Å². The third-order valence-corrected chi connectivity index (χ3v) is 3.32. The van der Waals surface area contributed by atoms with Gasteiger partial charge >= 0.3 is 0 Å². The molecule has 3 unspecified atom stereocenters. The number of hydrogen-bond donors (Lipinski definition) is 1. The maximum absolute atomic E-state index is 5.72. The van der Waals surface area contributed by atoms with Crippen molar-refractivity contribution in [1.82, 2.24) is 5.32 Å². The Morgan fingerprint density at radius 1 is 1.33 bits per heavy atom. The molecule has 2 heteroatoms. The minimum atomic E-state index is 0.520. The zero-order valence-corrected chi connectivity index (χ0v) is 8.05. The van der Waals surface area contributed by atoms with Gasteiger partial charge in [-0.2, -0.15) is 0 Å². The second kappa shape index (κ2) is 3.35. The lowest BCUT2D eigenvalue weighted by Gasteiger charge is -2.26. The van der Waals surface area contributed by atoms with Crippen LogP contribution >= 0.6 is 0 Å². The molecular weight excluding hydrogens is 150 g/mol. The summed E-state index contributed by atoms with van der Waals surface area (Å²) in [5.74, 6) is 1.70. The molecule has 0 radical (unpaired) electrons. The molecule has 1 saturated carbocycles. The van der Waals surface area contributed by atoms with Crippen molar-refractivity contribution in [3.05, 3.63) is 0 Å². The first-order valence-electron chi connectivity index (χ1n) is 5.12. The first kappa shape index (κ1) is 8.52. The molecule has 0 aromatic carbocycles. The fourth-order valence-corrected chi connectivity index (χ4v) is 2.43. The van der Waals surface area contributed by atoms with Gasteiger partial charge < -0.3 is 10.1 Å². The Kier molecular flexibility index (Phi) is 2.37. The number of nitrogens with one attached hydrogen (secondary N) is 1. The lowest BCUT2D eigenvalue weighted by molar-refractivity contribution is 0.00968. The van der Waals surface area contributed by atoms with Crippen LogP contribution < -0.4 is 5.32 Å². The zero-order valence-electron chi connectivity index (χ0n) is 8.05. The molecule has 0 aromatic rings. The van der Waals surface area contributed by atoms with Gasteiger partial charge in [0.15, 0.2) is 0 Å². The highest BCUT2D eigenvalue weighted by atomic mass is 16.5. The van der Waals surface area contributed by atoms with Gasteiger partial charge in [0.1, 0.15) is 0 Å². The van der Waals surface area contributed by atoms with Crippen molar-refractivity contribution in [2.24, 2.45) is 11.8 Å². The van der Waals surface area contributed by atoms with Gasteiger partial charge in [0.25, 0.3) is 0 Å². The molecular formula is C10H19NO. The molecule has 1 heterocycles. The van der Waals surface area contributed by atoms with Crippen LogP contribution in [0.25, 0.3) is 0 Å². The number of morpholine rings is 1. The fourth-order valence-electron chi connectivity index (χ4n) is 2.43. The summed E-state index contributed by atoms with van der Waals surface area (Å²) in [4.78, 5) is 0. The van der Waals surface area contributed by atoms with Crippen molar-refractivity contribution in [3.8, 4) is 0 Å². The van der Waals surface area contributed by atoms with Crippen LogP contribution in [0.5, 0.6) is 0 Å². The highest BCUT2D eigenvalue weighted by Gasteiger charge is 2.37. The van der Waals surface area contributed by atoms with Gasteiger partial charge in [0.2, 0.25) is 0 Å². The summed E-state index contributed by atoms with van der Waals surface area (Å²) in [5.41, 5.74) is 0. The predicted molar refractivity (Wildman–Crippen MR) is 49.1 cm³/mol. The number of hydrogen-bond acceptors (Lipinski definition) is 2. The largest absolute Gasteiger partial charge is 0.375 e. The van der Waals surface area contributed by atoms with Crippen molar-refractivity contribution >= 4 is 0 Å². The van der Waals surface area contributed by atoms with Crippen molar-refractivity contribution in [2.45, 2.75) is 38.8 Å². The van der Waals surface area contributed by atoms with E-state index >= 15 is 0 Å². The smallest absolute Gasteiger partial charge is 0.0731 e. The molecule has 1 N–H and O–H groups in total. The first-order chi connectivity index (χ1) is 5.77. The molecule has 1 saturated heterocycles. The van der Waals surface area contributed by atoms with E-state index in [2.05, 4.69) is 19.2 Å². The third kappa shape index (κ3) is 1.50. The zero-order chi connectivity index (χ0) is 8.55. The van der Waals surface area contributed by atoms with Gasteiger partial charge in [-0.05, 0) is 24.7 Å². The quantitative estimate of drug-likeness (QED) is 0.641. The van der Waals surface area contributed by atoms with Crippen LogP contribution in [-0.4, -0.2) is 25.3 Å². The van der Waals surface area contributed by atoms with Crippen LogP contribution in [0.3, 0.4) is 0 Å². The molecule has 1 aliphatic carbocycles. The average Bonchev–Trinajstić information content (AvgIpc) is 2.46. The van der Waals surface area contributed by atoms with Gasteiger partial charge in [0, 0.05) is 12.6 Å². The number of ether oxygens (including phenoxy) is 1. The Balaban J connectivity index is 1.94. The molecule has 2 rings (SSSR count). The summed E-state index contributed by atoms with van der Waals surface area (Å²) < 4.78 is 5.72. The van der Waals surface area contributed by atoms with E-state index in [0.29, 0.717) is 12.1 Å². The lowest BCUT2D eigenvalue weighted by atomic mass is 9.94. The van der Waals surface area contributed by atoms with Crippen LogP contribution in [0.2, 0.25) is 0 Å². The van der Waals surface area contributed by atoms with E-state index in [-0.39, 0.29) is 0 Å². The van der Waals surface area contributed by atoms with E-state index in [9.17, 15) is 0 Å². The monoisotopic (exact) mass is 169 g/mol. The summed E-state index contributed by atoms with van der Waals surface area (Å²) in [6.07, 6.45) is 3.11. The summed E-state index contributed by atoms with van der Waals surface area (Å²) in [7, 11) is 0. The minimum absolute atomic E-state index is 0.520. The van der Waals surface area contributed by atoms with E-state index in [1.807, 2.05) is 0 Å². The van der Waals surface area contributed by atoms with E-state index in [4.69, 9.17) is 4.74 Å². The molecule has 70 valence electrons.